The molecule has 0 amide bonds. The Labute approximate surface area is 134 Å². The molecule has 4 aromatic rings. The molecule has 3 heteroatoms. The molecule has 2 aromatic heterocycles. The first-order valence-corrected chi connectivity index (χ1v) is 8.10. The van der Waals surface area contributed by atoms with E-state index in [0.29, 0.717) is 0 Å². The summed E-state index contributed by atoms with van der Waals surface area (Å²) in [6, 6.07) is 19.6. The molecule has 5 rings (SSSR count). The third kappa shape index (κ3) is 2.16. The molecule has 2 aromatic carbocycles. The highest BCUT2D eigenvalue weighted by Gasteiger charge is 2.23. The van der Waals surface area contributed by atoms with Crippen molar-refractivity contribution in [3.63, 3.8) is 0 Å². The van der Waals surface area contributed by atoms with Crippen LogP contribution in [0.4, 0.5) is 0 Å². The fourth-order valence-electron chi connectivity index (χ4n) is 3.26. The maximum Gasteiger partial charge on any atom is 0.0931 e. The van der Waals surface area contributed by atoms with Gasteiger partial charge in [0, 0.05) is 11.9 Å². The zero-order valence-electron chi connectivity index (χ0n) is 12.7. The SMILES string of the molecule is c1cc(-c2ccc(C3CC3)cc2)n(-c2ccc3nc[nH]c3c2)c1. The maximum atomic E-state index is 4.29. The molecular formula is C20H17N3. The van der Waals surface area contributed by atoms with Crippen molar-refractivity contribution in [1.82, 2.24) is 14.5 Å². The molecule has 1 fully saturated rings. The average molecular weight is 299 g/mol. The van der Waals surface area contributed by atoms with Gasteiger partial charge in [-0.1, -0.05) is 24.3 Å². The summed E-state index contributed by atoms with van der Waals surface area (Å²) in [5, 5.41) is 0. The third-order valence-corrected chi connectivity index (χ3v) is 4.69. The highest BCUT2D eigenvalue weighted by Crippen LogP contribution is 2.40. The van der Waals surface area contributed by atoms with Gasteiger partial charge in [-0.15, -0.1) is 0 Å². The number of hydrogen-bond acceptors (Lipinski definition) is 1. The molecule has 23 heavy (non-hydrogen) atoms. The standard InChI is InChI=1S/C20H17N3/c1-2-20(16-7-5-15(6-8-16)14-3-4-14)23(11-1)17-9-10-18-19(12-17)22-13-21-18/h1-2,5-14H,3-4H2,(H,21,22). The Bertz CT molecular complexity index is 971. The molecule has 1 aliphatic carbocycles. The third-order valence-electron chi connectivity index (χ3n) is 4.69. The number of imidazole rings is 1. The number of rotatable bonds is 3. The molecule has 1 aliphatic rings. The zero-order valence-corrected chi connectivity index (χ0v) is 12.7. The van der Waals surface area contributed by atoms with Crippen LogP contribution in [0.1, 0.15) is 24.3 Å². The van der Waals surface area contributed by atoms with Crippen molar-refractivity contribution < 1.29 is 0 Å². The molecule has 112 valence electrons. The summed E-state index contributed by atoms with van der Waals surface area (Å²) in [7, 11) is 0. The first kappa shape index (κ1) is 12.7. The lowest BCUT2D eigenvalue weighted by atomic mass is 10.1. The Morgan fingerprint density at radius 2 is 1.87 bits per heavy atom. The summed E-state index contributed by atoms with van der Waals surface area (Å²) in [6.07, 6.45) is 6.54. The Hall–Kier alpha value is -2.81. The second-order valence-electron chi connectivity index (χ2n) is 6.26. The lowest BCUT2D eigenvalue weighted by Crippen LogP contribution is -1.95. The van der Waals surface area contributed by atoms with Crippen LogP contribution in [0.2, 0.25) is 0 Å². The van der Waals surface area contributed by atoms with Gasteiger partial charge < -0.3 is 9.55 Å². The first-order chi connectivity index (χ1) is 11.4. The van der Waals surface area contributed by atoms with Crippen LogP contribution in [-0.4, -0.2) is 14.5 Å². The number of aromatic amines is 1. The fraction of sp³-hybridized carbons (Fsp3) is 0.150. The van der Waals surface area contributed by atoms with Gasteiger partial charge in [0.05, 0.1) is 23.1 Å². The number of fused-ring (bicyclic) bond motifs is 1. The van der Waals surface area contributed by atoms with E-state index in [2.05, 4.69) is 75.3 Å². The number of nitrogens with one attached hydrogen (secondary N) is 1. The van der Waals surface area contributed by atoms with Crippen molar-refractivity contribution in [1.29, 1.82) is 0 Å². The van der Waals surface area contributed by atoms with Crippen molar-refractivity contribution in [2.75, 3.05) is 0 Å². The van der Waals surface area contributed by atoms with E-state index in [9.17, 15) is 0 Å². The van der Waals surface area contributed by atoms with Crippen LogP contribution in [-0.2, 0) is 0 Å². The first-order valence-electron chi connectivity index (χ1n) is 8.10. The number of benzene rings is 2. The number of hydrogen-bond donors (Lipinski definition) is 1. The lowest BCUT2D eigenvalue weighted by Gasteiger charge is -2.10. The van der Waals surface area contributed by atoms with Gasteiger partial charge in [0.2, 0.25) is 0 Å². The van der Waals surface area contributed by atoms with Crippen LogP contribution in [0, 0.1) is 0 Å². The second kappa shape index (κ2) is 4.85. The highest BCUT2D eigenvalue weighted by atomic mass is 15.0. The van der Waals surface area contributed by atoms with Crippen molar-refractivity contribution in [3.05, 3.63) is 72.7 Å². The minimum atomic E-state index is 0.804. The van der Waals surface area contributed by atoms with E-state index < -0.39 is 0 Å². The van der Waals surface area contributed by atoms with E-state index in [1.165, 1.54) is 29.7 Å². The Balaban J connectivity index is 1.58. The number of H-pyrrole nitrogens is 1. The monoisotopic (exact) mass is 299 g/mol. The molecule has 0 saturated heterocycles. The summed E-state index contributed by atoms with van der Waals surface area (Å²) in [5.41, 5.74) is 7.15. The van der Waals surface area contributed by atoms with Crippen molar-refractivity contribution in [2.24, 2.45) is 0 Å². The predicted octanol–water partition coefficient (Wildman–Crippen LogP) is 4.90. The van der Waals surface area contributed by atoms with Gasteiger partial charge in [-0.05, 0) is 60.2 Å². The van der Waals surface area contributed by atoms with Gasteiger partial charge >= 0.3 is 0 Å². The fourth-order valence-corrected chi connectivity index (χ4v) is 3.26. The second-order valence-corrected chi connectivity index (χ2v) is 6.26. The van der Waals surface area contributed by atoms with Crippen LogP contribution in [0.3, 0.4) is 0 Å². The Morgan fingerprint density at radius 3 is 2.70 bits per heavy atom. The van der Waals surface area contributed by atoms with E-state index in [1.54, 1.807) is 6.33 Å². The van der Waals surface area contributed by atoms with Crippen molar-refractivity contribution in [3.8, 4) is 16.9 Å². The normalized spacial score (nSPS) is 14.4. The Morgan fingerprint density at radius 1 is 1.00 bits per heavy atom. The zero-order chi connectivity index (χ0) is 15.2. The van der Waals surface area contributed by atoms with Crippen LogP contribution in [0.25, 0.3) is 28.0 Å². The van der Waals surface area contributed by atoms with E-state index >= 15 is 0 Å². The molecule has 2 heterocycles. The van der Waals surface area contributed by atoms with Crippen LogP contribution < -0.4 is 0 Å². The van der Waals surface area contributed by atoms with Crippen LogP contribution in [0.5, 0.6) is 0 Å². The number of aromatic nitrogens is 3. The molecule has 0 unspecified atom stereocenters. The van der Waals surface area contributed by atoms with E-state index in [-0.39, 0.29) is 0 Å². The summed E-state index contributed by atoms with van der Waals surface area (Å²) in [5.74, 6) is 0.804. The van der Waals surface area contributed by atoms with Crippen LogP contribution >= 0.6 is 0 Å². The molecule has 0 spiro atoms. The molecule has 0 atom stereocenters. The maximum absolute atomic E-state index is 4.29. The lowest BCUT2D eigenvalue weighted by molar-refractivity contribution is 1.09. The molecule has 0 radical (unpaired) electrons. The van der Waals surface area contributed by atoms with Crippen molar-refractivity contribution >= 4 is 11.0 Å². The summed E-state index contributed by atoms with van der Waals surface area (Å²) in [6.45, 7) is 0. The summed E-state index contributed by atoms with van der Waals surface area (Å²) < 4.78 is 2.23. The largest absolute Gasteiger partial charge is 0.345 e. The average Bonchev–Trinajstić information content (AvgIpc) is 3.14. The van der Waals surface area contributed by atoms with Crippen LogP contribution in [0.15, 0.2) is 67.1 Å². The van der Waals surface area contributed by atoms with Gasteiger partial charge in [0.25, 0.3) is 0 Å². The highest BCUT2D eigenvalue weighted by molar-refractivity contribution is 5.77. The topological polar surface area (TPSA) is 33.6 Å². The van der Waals surface area contributed by atoms with E-state index in [4.69, 9.17) is 0 Å². The minimum Gasteiger partial charge on any atom is -0.345 e. The molecule has 0 aliphatic heterocycles. The van der Waals surface area contributed by atoms with Gasteiger partial charge in [-0.25, -0.2) is 4.98 Å². The quantitative estimate of drug-likeness (QED) is 0.573. The Kier molecular flexibility index (Phi) is 2.68. The molecule has 1 saturated carbocycles. The minimum absolute atomic E-state index is 0.804. The predicted molar refractivity (Wildman–Crippen MR) is 92.8 cm³/mol. The number of nitrogens with zero attached hydrogens (tertiary/aromatic N) is 2. The van der Waals surface area contributed by atoms with Crippen molar-refractivity contribution in [2.45, 2.75) is 18.8 Å². The molecule has 1 N–H and O–H groups in total. The van der Waals surface area contributed by atoms with Gasteiger partial charge in [0.1, 0.15) is 0 Å². The van der Waals surface area contributed by atoms with Gasteiger partial charge in [-0.2, -0.15) is 0 Å². The molecular weight excluding hydrogens is 282 g/mol. The van der Waals surface area contributed by atoms with Gasteiger partial charge in [-0.3, -0.25) is 0 Å². The smallest absolute Gasteiger partial charge is 0.0931 e. The summed E-state index contributed by atoms with van der Waals surface area (Å²) in [4.78, 5) is 7.47. The summed E-state index contributed by atoms with van der Waals surface area (Å²) >= 11 is 0. The van der Waals surface area contributed by atoms with E-state index in [0.717, 1.165) is 22.6 Å². The van der Waals surface area contributed by atoms with Gasteiger partial charge in [0.15, 0.2) is 0 Å². The molecule has 0 bridgehead atoms. The van der Waals surface area contributed by atoms with E-state index in [1.807, 2.05) is 0 Å². The molecule has 3 nitrogen and oxygen atoms in total.